The number of carbonyl (C=O) groups is 1. The van der Waals surface area contributed by atoms with E-state index in [0.29, 0.717) is 5.92 Å². The molecule has 2 heterocycles. The minimum atomic E-state index is -0.726. The Morgan fingerprint density at radius 1 is 1.12 bits per heavy atom. The van der Waals surface area contributed by atoms with Crippen LogP contribution in [0.25, 0.3) is 0 Å². The number of aromatic nitrogens is 1. The fourth-order valence-corrected chi connectivity index (χ4v) is 5.93. The third-order valence-electron chi connectivity index (χ3n) is 7.97. The highest BCUT2D eigenvalue weighted by Gasteiger charge is 2.44. The van der Waals surface area contributed by atoms with Crippen LogP contribution in [-0.2, 0) is 4.79 Å². The van der Waals surface area contributed by atoms with Crippen molar-refractivity contribution in [2.24, 2.45) is 5.41 Å². The lowest BCUT2D eigenvalue weighted by Crippen LogP contribution is -2.45. The van der Waals surface area contributed by atoms with Crippen LogP contribution in [0.5, 0.6) is 5.75 Å². The van der Waals surface area contributed by atoms with Crippen LogP contribution in [0.2, 0.25) is 0 Å². The second-order valence-electron chi connectivity index (χ2n) is 9.79. The van der Waals surface area contributed by atoms with E-state index in [-0.39, 0.29) is 12.0 Å². The Hall–Kier alpha value is -2.40. The number of methoxy groups -OCH3 is 1. The van der Waals surface area contributed by atoms with Crippen molar-refractivity contribution in [3.05, 3.63) is 66.3 Å². The second-order valence-corrected chi connectivity index (χ2v) is 9.79. The summed E-state index contributed by atoms with van der Waals surface area (Å²) < 4.78 is 5.61. The third kappa shape index (κ3) is 5.24. The SMILES string of the molecule is COc1ccccc1C1CCN(C(C)[C@H]([CH]C2(C(=O)O)CCCCC2)c2ccncc2)CC1. The first-order valence-corrected chi connectivity index (χ1v) is 12.4. The fraction of sp³-hybridized carbons (Fsp3) is 0.536. The van der Waals surface area contributed by atoms with Crippen molar-refractivity contribution >= 4 is 5.97 Å². The number of piperidine rings is 1. The summed E-state index contributed by atoms with van der Waals surface area (Å²) in [5.74, 6) is 0.873. The molecule has 1 radical (unpaired) electrons. The summed E-state index contributed by atoms with van der Waals surface area (Å²) in [6.45, 7) is 4.27. The van der Waals surface area contributed by atoms with E-state index >= 15 is 0 Å². The molecule has 1 saturated heterocycles. The Morgan fingerprint density at radius 2 is 1.79 bits per heavy atom. The minimum Gasteiger partial charge on any atom is -0.496 e. The molecule has 2 aliphatic rings. The Kier molecular flexibility index (Phi) is 7.69. The molecule has 0 bridgehead atoms. The van der Waals surface area contributed by atoms with Gasteiger partial charge in [0.15, 0.2) is 0 Å². The van der Waals surface area contributed by atoms with Gasteiger partial charge in [0, 0.05) is 24.4 Å². The number of carboxylic acid groups (broad SMARTS) is 1. The molecule has 1 unspecified atom stereocenters. The van der Waals surface area contributed by atoms with Crippen LogP contribution < -0.4 is 4.74 Å². The predicted octanol–water partition coefficient (Wildman–Crippen LogP) is 5.68. The van der Waals surface area contributed by atoms with Crippen molar-refractivity contribution in [3.63, 3.8) is 0 Å². The summed E-state index contributed by atoms with van der Waals surface area (Å²) >= 11 is 0. The van der Waals surface area contributed by atoms with E-state index in [1.54, 1.807) is 7.11 Å². The van der Waals surface area contributed by atoms with Gasteiger partial charge in [0.25, 0.3) is 0 Å². The predicted molar refractivity (Wildman–Crippen MR) is 130 cm³/mol. The standard InChI is InChI=1S/C28H37N2O3/c1-21(30-18-12-23(13-19-30)24-8-4-5-9-26(24)33-2)25(22-10-16-29-17-11-22)20-28(27(31)32)14-6-3-7-15-28/h4-5,8-11,16-17,20-21,23,25H,3,6-7,12-15,18-19H2,1-2H3,(H,31,32)/t21?,25-/m0/s1. The maximum Gasteiger partial charge on any atom is 0.309 e. The Morgan fingerprint density at radius 3 is 2.42 bits per heavy atom. The minimum absolute atomic E-state index is 0.0602. The molecule has 2 aromatic rings. The molecule has 1 aliphatic carbocycles. The maximum absolute atomic E-state index is 12.4. The van der Waals surface area contributed by atoms with Crippen molar-refractivity contribution in [3.8, 4) is 5.75 Å². The number of ether oxygens (including phenoxy) is 1. The van der Waals surface area contributed by atoms with Crippen molar-refractivity contribution in [1.82, 2.24) is 9.88 Å². The van der Waals surface area contributed by atoms with Gasteiger partial charge in [-0.15, -0.1) is 0 Å². The number of benzene rings is 1. The first-order valence-electron chi connectivity index (χ1n) is 12.4. The monoisotopic (exact) mass is 449 g/mol. The normalized spacial score (nSPS) is 21.3. The molecule has 1 saturated carbocycles. The van der Waals surface area contributed by atoms with E-state index in [1.165, 1.54) is 5.56 Å². The van der Waals surface area contributed by atoms with Gasteiger partial charge in [-0.05, 0) is 87.4 Å². The van der Waals surface area contributed by atoms with E-state index in [0.717, 1.165) is 69.3 Å². The van der Waals surface area contributed by atoms with E-state index in [4.69, 9.17) is 4.74 Å². The van der Waals surface area contributed by atoms with Gasteiger partial charge in [-0.1, -0.05) is 37.5 Å². The molecule has 1 aromatic heterocycles. The molecular formula is C28H37N2O3. The molecule has 2 atom stereocenters. The maximum atomic E-state index is 12.4. The van der Waals surface area contributed by atoms with Gasteiger partial charge in [0.2, 0.25) is 0 Å². The number of aliphatic carboxylic acids is 1. The van der Waals surface area contributed by atoms with E-state index in [1.807, 2.05) is 24.5 Å². The third-order valence-corrected chi connectivity index (χ3v) is 7.97. The fourth-order valence-electron chi connectivity index (χ4n) is 5.93. The van der Waals surface area contributed by atoms with E-state index < -0.39 is 11.4 Å². The van der Waals surface area contributed by atoms with Crippen LogP contribution in [0, 0.1) is 11.8 Å². The summed E-state index contributed by atoms with van der Waals surface area (Å²) in [6.07, 6.45) is 12.6. The van der Waals surface area contributed by atoms with Crippen molar-refractivity contribution < 1.29 is 14.6 Å². The Labute approximate surface area is 198 Å². The lowest BCUT2D eigenvalue weighted by atomic mass is 9.66. The number of pyridine rings is 1. The molecular weight excluding hydrogens is 412 g/mol. The molecule has 5 nitrogen and oxygen atoms in total. The van der Waals surface area contributed by atoms with Crippen molar-refractivity contribution in [2.45, 2.75) is 69.7 Å². The molecule has 2 fully saturated rings. The molecule has 0 spiro atoms. The number of rotatable bonds is 8. The zero-order valence-corrected chi connectivity index (χ0v) is 20.0. The van der Waals surface area contributed by atoms with Crippen LogP contribution in [0.1, 0.15) is 74.8 Å². The first kappa shape index (κ1) is 23.7. The summed E-state index contributed by atoms with van der Waals surface area (Å²) in [7, 11) is 1.74. The molecule has 1 N–H and O–H groups in total. The summed E-state index contributed by atoms with van der Waals surface area (Å²) in [5.41, 5.74) is 1.74. The van der Waals surface area contributed by atoms with Crippen LogP contribution >= 0.6 is 0 Å². The lowest BCUT2D eigenvalue weighted by Gasteiger charge is -2.43. The van der Waals surface area contributed by atoms with Gasteiger partial charge < -0.3 is 14.7 Å². The topological polar surface area (TPSA) is 62.7 Å². The molecule has 0 amide bonds. The van der Waals surface area contributed by atoms with Gasteiger partial charge in [-0.3, -0.25) is 9.78 Å². The van der Waals surface area contributed by atoms with Crippen LogP contribution in [-0.4, -0.2) is 47.2 Å². The molecule has 33 heavy (non-hydrogen) atoms. The largest absolute Gasteiger partial charge is 0.496 e. The van der Waals surface area contributed by atoms with Gasteiger partial charge in [0.1, 0.15) is 5.75 Å². The lowest BCUT2D eigenvalue weighted by molar-refractivity contribution is -0.149. The Bertz CT molecular complexity index is 902. The number of likely N-dealkylation sites (tertiary alicyclic amines) is 1. The first-order chi connectivity index (χ1) is 16.0. The number of para-hydroxylation sites is 1. The average Bonchev–Trinajstić information content (AvgIpc) is 2.88. The quantitative estimate of drug-likeness (QED) is 0.562. The summed E-state index contributed by atoms with van der Waals surface area (Å²) in [6, 6.07) is 12.7. The summed E-state index contributed by atoms with van der Waals surface area (Å²) in [4.78, 5) is 19.2. The highest BCUT2D eigenvalue weighted by atomic mass is 16.5. The van der Waals surface area contributed by atoms with Gasteiger partial charge in [-0.2, -0.15) is 0 Å². The van der Waals surface area contributed by atoms with Crippen LogP contribution in [0.4, 0.5) is 0 Å². The average molecular weight is 450 g/mol. The smallest absolute Gasteiger partial charge is 0.309 e. The van der Waals surface area contributed by atoms with Crippen LogP contribution in [0.3, 0.4) is 0 Å². The van der Waals surface area contributed by atoms with Gasteiger partial charge in [0.05, 0.1) is 12.5 Å². The molecule has 1 aliphatic heterocycles. The van der Waals surface area contributed by atoms with Crippen LogP contribution in [0.15, 0.2) is 48.8 Å². The van der Waals surface area contributed by atoms with Crippen molar-refractivity contribution in [2.75, 3.05) is 20.2 Å². The zero-order valence-electron chi connectivity index (χ0n) is 20.0. The highest BCUT2D eigenvalue weighted by molar-refractivity contribution is 5.77. The van der Waals surface area contributed by atoms with E-state index in [2.05, 4.69) is 47.5 Å². The number of nitrogens with zero attached hydrogens (tertiary/aromatic N) is 2. The summed E-state index contributed by atoms with van der Waals surface area (Å²) in [5, 5.41) is 10.2. The van der Waals surface area contributed by atoms with E-state index in [9.17, 15) is 9.90 Å². The number of hydrogen-bond donors (Lipinski definition) is 1. The number of hydrogen-bond acceptors (Lipinski definition) is 4. The molecule has 1 aromatic carbocycles. The molecule has 177 valence electrons. The highest BCUT2D eigenvalue weighted by Crippen LogP contribution is 2.45. The van der Waals surface area contributed by atoms with Gasteiger partial charge in [-0.25, -0.2) is 0 Å². The number of carboxylic acids is 1. The van der Waals surface area contributed by atoms with Gasteiger partial charge >= 0.3 is 5.97 Å². The molecule has 5 heteroatoms. The second kappa shape index (κ2) is 10.7. The Balaban J connectivity index is 1.51. The van der Waals surface area contributed by atoms with Crippen molar-refractivity contribution in [1.29, 1.82) is 0 Å². The molecule has 4 rings (SSSR count). The zero-order chi connectivity index (χ0) is 23.3.